The number of piperidine rings is 1. The predicted octanol–water partition coefficient (Wildman–Crippen LogP) is 1.79. The zero-order valence-electron chi connectivity index (χ0n) is 8.38. The number of carbonyl (C=O) groups is 1. The van der Waals surface area contributed by atoms with E-state index in [1.165, 1.54) is 7.05 Å². The fourth-order valence-corrected chi connectivity index (χ4v) is 1.61. The smallest absolute Gasteiger partial charge is 0.319 e. The molecule has 1 aliphatic heterocycles. The highest BCUT2D eigenvalue weighted by molar-refractivity contribution is 5.74. The summed E-state index contributed by atoms with van der Waals surface area (Å²) in [5, 5.41) is 0. The number of rotatable bonds is 2. The fraction of sp³-hybridized carbons (Fsp3) is 0.889. The van der Waals surface area contributed by atoms with Gasteiger partial charge in [0.25, 0.3) is 6.43 Å². The van der Waals surface area contributed by atoms with Crippen molar-refractivity contribution in [2.75, 3.05) is 26.7 Å². The van der Waals surface area contributed by atoms with Crippen LogP contribution in [0.15, 0.2) is 0 Å². The minimum Gasteiger partial charge on any atom is -0.325 e. The maximum Gasteiger partial charge on any atom is 0.319 e. The Morgan fingerprint density at radius 2 is 1.93 bits per heavy atom. The van der Waals surface area contributed by atoms with Crippen molar-refractivity contribution < 1.29 is 13.6 Å². The number of amides is 2. The lowest BCUT2D eigenvalue weighted by molar-refractivity contribution is 0.0921. The van der Waals surface area contributed by atoms with Gasteiger partial charge >= 0.3 is 6.03 Å². The number of nitrogens with zero attached hydrogens (tertiary/aromatic N) is 2. The first kappa shape index (κ1) is 11.2. The fourth-order valence-electron chi connectivity index (χ4n) is 1.61. The van der Waals surface area contributed by atoms with E-state index in [4.69, 9.17) is 0 Å². The predicted molar refractivity (Wildman–Crippen MR) is 49.5 cm³/mol. The van der Waals surface area contributed by atoms with E-state index in [0.29, 0.717) is 13.1 Å². The molecule has 0 atom stereocenters. The second-order valence-corrected chi connectivity index (χ2v) is 3.60. The third-order valence-corrected chi connectivity index (χ3v) is 2.37. The lowest BCUT2D eigenvalue weighted by Gasteiger charge is -2.30. The molecule has 14 heavy (non-hydrogen) atoms. The van der Waals surface area contributed by atoms with Gasteiger partial charge in [-0.05, 0) is 19.3 Å². The molecule has 0 saturated carbocycles. The second kappa shape index (κ2) is 5.12. The Kier molecular flexibility index (Phi) is 4.10. The molecule has 2 amide bonds. The van der Waals surface area contributed by atoms with Gasteiger partial charge in [-0.2, -0.15) is 0 Å². The van der Waals surface area contributed by atoms with E-state index >= 15 is 0 Å². The molecule has 0 aromatic carbocycles. The number of urea groups is 1. The summed E-state index contributed by atoms with van der Waals surface area (Å²) in [6.07, 6.45) is 0.638. The highest BCUT2D eigenvalue weighted by Gasteiger charge is 2.21. The average molecular weight is 206 g/mol. The minimum atomic E-state index is -2.45. The van der Waals surface area contributed by atoms with Crippen molar-refractivity contribution in [3.05, 3.63) is 0 Å². The van der Waals surface area contributed by atoms with Crippen LogP contribution in [0.25, 0.3) is 0 Å². The standard InChI is InChI=1S/C9H16F2N2O/c1-12(7-8(10)11)9(14)13-5-3-2-4-6-13/h8H,2-7H2,1H3. The summed E-state index contributed by atoms with van der Waals surface area (Å²) in [7, 11) is 1.42. The number of hydrogen-bond acceptors (Lipinski definition) is 1. The van der Waals surface area contributed by atoms with Crippen molar-refractivity contribution >= 4 is 6.03 Å². The summed E-state index contributed by atoms with van der Waals surface area (Å²) < 4.78 is 24.0. The van der Waals surface area contributed by atoms with Crippen LogP contribution >= 0.6 is 0 Å². The van der Waals surface area contributed by atoms with E-state index < -0.39 is 13.0 Å². The molecule has 1 heterocycles. The molecule has 0 unspecified atom stereocenters. The molecule has 3 nitrogen and oxygen atoms in total. The molecular weight excluding hydrogens is 190 g/mol. The Hall–Kier alpha value is -0.870. The number of carbonyl (C=O) groups excluding carboxylic acids is 1. The van der Waals surface area contributed by atoms with Gasteiger partial charge in [-0.1, -0.05) is 0 Å². The topological polar surface area (TPSA) is 23.6 Å². The van der Waals surface area contributed by atoms with Gasteiger partial charge in [0.05, 0.1) is 6.54 Å². The third kappa shape index (κ3) is 3.12. The van der Waals surface area contributed by atoms with Crippen LogP contribution in [-0.2, 0) is 0 Å². The highest BCUT2D eigenvalue weighted by atomic mass is 19.3. The maximum atomic E-state index is 12.0. The SMILES string of the molecule is CN(CC(F)F)C(=O)N1CCCCC1. The first-order valence-corrected chi connectivity index (χ1v) is 4.89. The average Bonchev–Trinajstić information content (AvgIpc) is 2.17. The van der Waals surface area contributed by atoms with Crippen LogP contribution < -0.4 is 0 Å². The van der Waals surface area contributed by atoms with E-state index in [1.807, 2.05) is 0 Å². The van der Waals surface area contributed by atoms with Crippen molar-refractivity contribution in [1.82, 2.24) is 9.80 Å². The summed E-state index contributed by atoms with van der Waals surface area (Å²) >= 11 is 0. The lowest BCUT2D eigenvalue weighted by atomic mass is 10.1. The van der Waals surface area contributed by atoms with Crippen LogP contribution in [-0.4, -0.2) is 48.9 Å². The normalized spacial score (nSPS) is 17.3. The molecule has 0 N–H and O–H groups in total. The van der Waals surface area contributed by atoms with E-state index in [2.05, 4.69) is 0 Å². The molecule has 0 spiro atoms. The first-order chi connectivity index (χ1) is 6.61. The molecule has 0 aliphatic carbocycles. The van der Waals surface area contributed by atoms with E-state index in [1.54, 1.807) is 4.90 Å². The van der Waals surface area contributed by atoms with E-state index in [-0.39, 0.29) is 6.03 Å². The molecule has 1 saturated heterocycles. The molecular formula is C9H16F2N2O. The van der Waals surface area contributed by atoms with Gasteiger partial charge in [0.2, 0.25) is 0 Å². The largest absolute Gasteiger partial charge is 0.325 e. The van der Waals surface area contributed by atoms with Gasteiger partial charge < -0.3 is 9.80 Å². The number of halogens is 2. The molecule has 0 bridgehead atoms. The zero-order valence-corrected chi connectivity index (χ0v) is 8.38. The summed E-state index contributed by atoms with van der Waals surface area (Å²) in [5.74, 6) is 0. The van der Waals surface area contributed by atoms with Crippen LogP contribution in [0.5, 0.6) is 0 Å². The number of hydrogen-bond donors (Lipinski definition) is 0. The monoisotopic (exact) mass is 206 g/mol. The molecule has 1 aliphatic rings. The molecule has 1 fully saturated rings. The Morgan fingerprint density at radius 1 is 1.36 bits per heavy atom. The Morgan fingerprint density at radius 3 is 2.43 bits per heavy atom. The van der Waals surface area contributed by atoms with Gasteiger partial charge in [0.15, 0.2) is 0 Å². The number of likely N-dealkylation sites (tertiary alicyclic amines) is 1. The van der Waals surface area contributed by atoms with Crippen LogP contribution in [0.3, 0.4) is 0 Å². The molecule has 0 radical (unpaired) electrons. The van der Waals surface area contributed by atoms with Gasteiger partial charge in [-0.25, -0.2) is 13.6 Å². The Labute approximate surface area is 82.7 Å². The maximum absolute atomic E-state index is 12.0. The summed E-state index contributed by atoms with van der Waals surface area (Å²) in [6, 6.07) is -0.273. The summed E-state index contributed by atoms with van der Waals surface area (Å²) in [6.45, 7) is 0.925. The summed E-state index contributed by atoms with van der Waals surface area (Å²) in [4.78, 5) is 14.3. The highest BCUT2D eigenvalue weighted by Crippen LogP contribution is 2.11. The van der Waals surface area contributed by atoms with Gasteiger partial charge in [-0.15, -0.1) is 0 Å². The quantitative estimate of drug-likeness (QED) is 0.675. The lowest BCUT2D eigenvalue weighted by Crippen LogP contribution is -2.45. The Balaban J connectivity index is 2.38. The first-order valence-electron chi connectivity index (χ1n) is 4.89. The minimum absolute atomic E-state index is 0.273. The molecule has 5 heteroatoms. The molecule has 0 aromatic rings. The van der Waals surface area contributed by atoms with Gasteiger partial charge in [-0.3, -0.25) is 0 Å². The van der Waals surface area contributed by atoms with Crippen molar-refractivity contribution in [3.63, 3.8) is 0 Å². The van der Waals surface area contributed by atoms with Crippen molar-refractivity contribution in [3.8, 4) is 0 Å². The van der Waals surface area contributed by atoms with E-state index in [9.17, 15) is 13.6 Å². The summed E-state index contributed by atoms with van der Waals surface area (Å²) in [5.41, 5.74) is 0. The zero-order chi connectivity index (χ0) is 10.6. The Bertz CT molecular complexity index is 193. The van der Waals surface area contributed by atoms with Crippen LogP contribution in [0, 0.1) is 0 Å². The molecule has 1 rings (SSSR count). The van der Waals surface area contributed by atoms with Gasteiger partial charge in [0, 0.05) is 20.1 Å². The molecule has 82 valence electrons. The van der Waals surface area contributed by atoms with Crippen LogP contribution in [0.1, 0.15) is 19.3 Å². The van der Waals surface area contributed by atoms with Gasteiger partial charge in [0.1, 0.15) is 0 Å². The molecule has 0 aromatic heterocycles. The van der Waals surface area contributed by atoms with Crippen molar-refractivity contribution in [2.24, 2.45) is 0 Å². The van der Waals surface area contributed by atoms with Crippen LogP contribution in [0.4, 0.5) is 13.6 Å². The van der Waals surface area contributed by atoms with E-state index in [0.717, 1.165) is 24.2 Å². The number of alkyl halides is 2. The van der Waals surface area contributed by atoms with Crippen LogP contribution in [0.2, 0.25) is 0 Å². The van der Waals surface area contributed by atoms with Crippen molar-refractivity contribution in [2.45, 2.75) is 25.7 Å². The third-order valence-electron chi connectivity index (χ3n) is 2.37. The van der Waals surface area contributed by atoms with Crippen molar-refractivity contribution in [1.29, 1.82) is 0 Å². The second-order valence-electron chi connectivity index (χ2n) is 3.60.